The number of hydrogen-bond donors (Lipinski definition) is 0. The zero-order valence-corrected chi connectivity index (χ0v) is 18.7. The molecule has 0 aliphatic carbocycles. The van der Waals surface area contributed by atoms with Gasteiger partial charge in [0.15, 0.2) is 0 Å². The van der Waals surface area contributed by atoms with E-state index in [2.05, 4.69) is 4.90 Å². The Kier molecular flexibility index (Phi) is 5.31. The van der Waals surface area contributed by atoms with Crippen LogP contribution in [-0.2, 0) is 21.4 Å². The monoisotopic (exact) mass is 473 g/mol. The van der Waals surface area contributed by atoms with Crippen molar-refractivity contribution in [2.45, 2.75) is 11.4 Å². The Hall–Kier alpha value is -2.68. The molecule has 0 aromatic heterocycles. The lowest BCUT2D eigenvalue weighted by Crippen LogP contribution is -2.51. The molecule has 0 spiro atoms. The number of nitrogens with zero attached hydrogens (tertiary/aromatic N) is 3. The van der Waals surface area contributed by atoms with E-state index in [-0.39, 0.29) is 23.2 Å². The summed E-state index contributed by atoms with van der Waals surface area (Å²) in [5.74, 6) is -0.596. The van der Waals surface area contributed by atoms with E-state index in [1.54, 1.807) is 35.2 Å². The third kappa shape index (κ3) is 3.62. The summed E-state index contributed by atoms with van der Waals surface area (Å²) in [6, 6.07) is 15.0. The van der Waals surface area contributed by atoms with E-state index >= 15 is 0 Å². The molecule has 0 bridgehead atoms. The quantitative estimate of drug-likeness (QED) is 0.582. The Labute approximate surface area is 190 Å². The van der Waals surface area contributed by atoms with Gasteiger partial charge in [-0.15, -0.1) is 0 Å². The summed E-state index contributed by atoms with van der Waals surface area (Å²) in [5, 5.41) is 1.90. The van der Waals surface area contributed by atoms with E-state index in [4.69, 9.17) is 11.6 Å². The average Bonchev–Trinajstić information content (AvgIpc) is 2.99. The van der Waals surface area contributed by atoms with Gasteiger partial charge in [-0.2, -0.15) is 0 Å². The second kappa shape index (κ2) is 8.03. The van der Waals surface area contributed by atoms with Crippen molar-refractivity contribution in [1.29, 1.82) is 0 Å². The van der Waals surface area contributed by atoms with Crippen molar-refractivity contribution in [2.75, 3.05) is 37.0 Å². The number of hydrogen-bond acceptors (Lipinski definition) is 4. The molecule has 0 N–H and O–H groups in total. The second-order valence-corrected chi connectivity index (χ2v) is 10.3. The zero-order valence-electron chi connectivity index (χ0n) is 17.2. The van der Waals surface area contributed by atoms with Gasteiger partial charge in [-0.3, -0.25) is 14.0 Å². The summed E-state index contributed by atoms with van der Waals surface area (Å²) < 4.78 is 40.7. The second-order valence-electron chi connectivity index (χ2n) is 8.04. The first-order valence-corrected chi connectivity index (χ1v) is 12.1. The minimum atomic E-state index is -3.76. The van der Waals surface area contributed by atoms with Crippen LogP contribution < -0.4 is 4.31 Å². The van der Waals surface area contributed by atoms with Gasteiger partial charge in [0, 0.05) is 43.1 Å². The molecule has 2 heterocycles. The van der Waals surface area contributed by atoms with Gasteiger partial charge in [0.2, 0.25) is 5.91 Å². The number of carbonyl (C=O) groups is 1. The maximum Gasteiger partial charge on any atom is 0.265 e. The van der Waals surface area contributed by atoms with Crippen molar-refractivity contribution in [3.05, 3.63) is 71.0 Å². The zero-order chi connectivity index (χ0) is 22.5. The fraction of sp³-hybridized carbons (Fsp3) is 0.261. The van der Waals surface area contributed by atoms with E-state index in [0.29, 0.717) is 48.8 Å². The van der Waals surface area contributed by atoms with Crippen molar-refractivity contribution >= 4 is 44.0 Å². The molecule has 9 heteroatoms. The van der Waals surface area contributed by atoms with Crippen LogP contribution in [0.1, 0.15) is 5.56 Å². The molecule has 1 amide bonds. The van der Waals surface area contributed by atoms with Crippen LogP contribution in [0.4, 0.5) is 10.1 Å². The lowest BCUT2D eigenvalue weighted by atomic mass is 10.1. The van der Waals surface area contributed by atoms with Crippen molar-refractivity contribution in [2.24, 2.45) is 0 Å². The summed E-state index contributed by atoms with van der Waals surface area (Å²) in [6.07, 6.45) is 0. The highest BCUT2D eigenvalue weighted by molar-refractivity contribution is 7.93. The lowest BCUT2D eigenvalue weighted by molar-refractivity contribution is -0.131. The molecule has 2 aliphatic rings. The van der Waals surface area contributed by atoms with Crippen LogP contribution in [0.15, 0.2) is 59.5 Å². The number of piperazine rings is 1. The summed E-state index contributed by atoms with van der Waals surface area (Å²) in [6.45, 7) is 2.58. The molecule has 5 rings (SSSR count). The van der Waals surface area contributed by atoms with Crippen LogP contribution >= 0.6 is 11.6 Å². The fourth-order valence-electron chi connectivity index (χ4n) is 4.40. The fourth-order valence-corrected chi connectivity index (χ4v) is 6.28. The number of halogens is 2. The van der Waals surface area contributed by atoms with E-state index in [1.165, 1.54) is 16.4 Å². The maximum absolute atomic E-state index is 13.3. The number of rotatable bonds is 4. The van der Waals surface area contributed by atoms with Crippen LogP contribution in [0.3, 0.4) is 0 Å². The van der Waals surface area contributed by atoms with Gasteiger partial charge in [0.25, 0.3) is 10.0 Å². The van der Waals surface area contributed by atoms with Crippen molar-refractivity contribution in [3.63, 3.8) is 0 Å². The highest BCUT2D eigenvalue weighted by Gasteiger charge is 2.37. The van der Waals surface area contributed by atoms with Crippen LogP contribution in [-0.4, -0.2) is 56.8 Å². The summed E-state index contributed by atoms with van der Waals surface area (Å²) in [7, 11) is -3.76. The molecule has 0 radical (unpaired) electrons. The molecule has 3 aromatic carbocycles. The molecule has 0 atom stereocenters. The van der Waals surface area contributed by atoms with E-state index in [9.17, 15) is 17.6 Å². The Morgan fingerprint density at radius 3 is 2.44 bits per heavy atom. The summed E-state index contributed by atoms with van der Waals surface area (Å²) in [5.41, 5.74) is 1.39. The van der Waals surface area contributed by atoms with E-state index in [0.717, 1.165) is 10.9 Å². The number of sulfonamides is 1. The van der Waals surface area contributed by atoms with Gasteiger partial charge < -0.3 is 4.90 Å². The SMILES string of the molecule is O=C(CN1c2cccc3cccc(c23)S1(=O)=O)N1CCN(Cc2ccc(F)cc2Cl)CC1. The highest BCUT2D eigenvalue weighted by atomic mass is 35.5. The van der Waals surface area contributed by atoms with Crippen molar-refractivity contribution in [3.8, 4) is 0 Å². The predicted molar refractivity (Wildman–Crippen MR) is 122 cm³/mol. The molecule has 3 aromatic rings. The third-order valence-corrected chi connectivity index (χ3v) is 8.25. The first-order valence-electron chi connectivity index (χ1n) is 10.3. The standard InChI is InChI=1S/C23H21ClFN3O3S/c24-19-13-18(25)8-7-17(19)14-26-9-11-27(12-10-26)22(29)15-28-20-5-1-3-16-4-2-6-21(23(16)20)32(28,30)31/h1-8,13H,9-12,14-15H2. The van der Waals surface area contributed by atoms with Gasteiger partial charge >= 0.3 is 0 Å². The van der Waals surface area contributed by atoms with Crippen molar-refractivity contribution in [1.82, 2.24) is 9.80 Å². The molecule has 2 aliphatic heterocycles. The molecule has 1 saturated heterocycles. The largest absolute Gasteiger partial charge is 0.339 e. The normalized spacial score (nSPS) is 17.8. The highest BCUT2D eigenvalue weighted by Crippen LogP contribution is 2.41. The predicted octanol–water partition coefficient (Wildman–Crippen LogP) is 3.49. The number of benzene rings is 3. The number of anilines is 1. The van der Waals surface area contributed by atoms with E-state index in [1.807, 2.05) is 12.1 Å². The lowest BCUT2D eigenvalue weighted by Gasteiger charge is -2.35. The summed E-state index contributed by atoms with van der Waals surface area (Å²) in [4.78, 5) is 17.1. The third-order valence-electron chi connectivity index (χ3n) is 6.09. The van der Waals surface area contributed by atoms with Crippen LogP contribution in [0.5, 0.6) is 0 Å². The number of amides is 1. The minimum absolute atomic E-state index is 0.222. The number of carbonyl (C=O) groups excluding carboxylic acids is 1. The Bertz CT molecular complexity index is 1320. The van der Waals surface area contributed by atoms with Gasteiger partial charge in [0.1, 0.15) is 12.4 Å². The molecule has 0 saturated carbocycles. The van der Waals surface area contributed by atoms with E-state index < -0.39 is 10.0 Å². The Balaban J connectivity index is 1.26. The average molecular weight is 474 g/mol. The van der Waals surface area contributed by atoms with Gasteiger partial charge in [-0.25, -0.2) is 12.8 Å². The first-order chi connectivity index (χ1) is 15.3. The first kappa shape index (κ1) is 21.2. The van der Waals surface area contributed by atoms with Crippen LogP contribution in [0, 0.1) is 5.82 Å². The van der Waals surface area contributed by atoms with Gasteiger partial charge in [-0.1, -0.05) is 41.9 Å². The van der Waals surface area contributed by atoms with Gasteiger partial charge in [0.05, 0.1) is 10.6 Å². The molecule has 166 valence electrons. The topological polar surface area (TPSA) is 60.9 Å². The van der Waals surface area contributed by atoms with Crippen LogP contribution in [0.25, 0.3) is 10.8 Å². The molecular weight excluding hydrogens is 453 g/mol. The molecule has 6 nitrogen and oxygen atoms in total. The molecular formula is C23H21ClFN3O3S. The minimum Gasteiger partial charge on any atom is -0.339 e. The maximum atomic E-state index is 13.3. The molecule has 32 heavy (non-hydrogen) atoms. The molecule has 1 fully saturated rings. The summed E-state index contributed by atoms with van der Waals surface area (Å²) >= 11 is 6.13. The Morgan fingerprint density at radius 2 is 1.72 bits per heavy atom. The van der Waals surface area contributed by atoms with Crippen molar-refractivity contribution < 1.29 is 17.6 Å². The molecule has 0 unspecified atom stereocenters. The van der Waals surface area contributed by atoms with Gasteiger partial charge in [-0.05, 0) is 35.2 Å². The Morgan fingerprint density at radius 1 is 1.00 bits per heavy atom. The smallest absolute Gasteiger partial charge is 0.265 e. The van der Waals surface area contributed by atoms with Crippen LogP contribution in [0.2, 0.25) is 5.02 Å².